The van der Waals surface area contributed by atoms with Gasteiger partial charge in [-0.2, -0.15) is 0 Å². The van der Waals surface area contributed by atoms with Gasteiger partial charge in [0, 0.05) is 11.6 Å². The Labute approximate surface area is 109 Å². The summed E-state index contributed by atoms with van der Waals surface area (Å²) >= 11 is 0. The highest BCUT2D eigenvalue weighted by molar-refractivity contribution is 5.94. The summed E-state index contributed by atoms with van der Waals surface area (Å²) in [5.74, 6) is 1.31. The second-order valence-corrected chi connectivity index (χ2v) is 5.07. The molecule has 0 spiro atoms. The molecule has 1 fully saturated rings. The number of carbonyl (C=O) groups excluding carboxylic acids is 1. The number of amides is 1. The normalized spacial score (nSPS) is 23.4. The average Bonchev–Trinajstić information content (AvgIpc) is 2.41. The van der Waals surface area contributed by atoms with Crippen molar-refractivity contribution in [3.8, 4) is 5.75 Å². The fourth-order valence-electron chi connectivity index (χ4n) is 2.55. The van der Waals surface area contributed by atoms with Crippen LogP contribution < -0.4 is 10.1 Å². The van der Waals surface area contributed by atoms with Crippen molar-refractivity contribution in [2.45, 2.75) is 38.6 Å². The predicted molar refractivity (Wildman–Crippen MR) is 71.9 cm³/mol. The van der Waals surface area contributed by atoms with E-state index in [-0.39, 0.29) is 5.91 Å². The summed E-state index contributed by atoms with van der Waals surface area (Å²) in [6.45, 7) is 2.22. The monoisotopic (exact) mass is 247 g/mol. The average molecular weight is 247 g/mol. The van der Waals surface area contributed by atoms with Gasteiger partial charge in [0.05, 0.1) is 7.11 Å². The first kappa shape index (κ1) is 12.9. The quantitative estimate of drug-likeness (QED) is 0.891. The van der Waals surface area contributed by atoms with Gasteiger partial charge < -0.3 is 10.1 Å². The van der Waals surface area contributed by atoms with Crippen LogP contribution in [-0.4, -0.2) is 19.1 Å². The number of hydrogen-bond donors (Lipinski definition) is 1. The SMILES string of the molecule is COc1cccc(C(=O)N[C@@H]2CCCC[C@@H]2C)c1. The van der Waals surface area contributed by atoms with E-state index in [4.69, 9.17) is 4.74 Å². The predicted octanol–water partition coefficient (Wildman–Crippen LogP) is 3.00. The van der Waals surface area contributed by atoms with Gasteiger partial charge in [0.15, 0.2) is 0 Å². The molecule has 0 heterocycles. The number of rotatable bonds is 3. The number of hydrogen-bond acceptors (Lipinski definition) is 2. The van der Waals surface area contributed by atoms with E-state index in [0.717, 1.165) is 12.2 Å². The molecule has 0 aliphatic heterocycles. The summed E-state index contributed by atoms with van der Waals surface area (Å²) < 4.78 is 5.14. The highest BCUT2D eigenvalue weighted by atomic mass is 16.5. The Bertz CT molecular complexity index is 417. The molecule has 0 aromatic heterocycles. The third-order valence-electron chi connectivity index (χ3n) is 3.76. The molecule has 0 radical (unpaired) electrons. The van der Waals surface area contributed by atoms with Gasteiger partial charge in [-0.25, -0.2) is 0 Å². The molecule has 0 bridgehead atoms. The lowest BCUT2D eigenvalue weighted by Gasteiger charge is -2.29. The third kappa shape index (κ3) is 3.03. The van der Waals surface area contributed by atoms with Crippen molar-refractivity contribution in [2.75, 3.05) is 7.11 Å². The number of methoxy groups -OCH3 is 1. The molecule has 1 amide bonds. The van der Waals surface area contributed by atoms with Crippen molar-refractivity contribution in [3.63, 3.8) is 0 Å². The molecule has 2 atom stereocenters. The fraction of sp³-hybridized carbons (Fsp3) is 0.533. The molecule has 18 heavy (non-hydrogen) atoms. The largest absolute Gasteiger partial charge is 0.497 e. The Morgan fingerprint density at radius 2 is 2.11 bits per heavy atom. The maximum Gasteiger partial charge on any atom is 0.251 e. The van der Waals surface area contributed by atoms with E-state index in [1.54, 1.807) is 13.2 Å². The third-order valence-corrected chi connectivity index (χ3v) is 3.76. The Kier molecular flexibility index (Phi) is 4.24. The first-order valence-electron chi connectivity index (χ1n) is 6.65. The first-order chi connectivity index (χ1) is 8.70. The summed E-state index contributed by atoms with van der Waals surface area (Å²) in [7, 11) is 1.61. The first-order valence-corrected chi connectivity index (χ1v) is 6.65. The number of nitrogens with one attached hydrogen (secondary N) is 1. The molecule has 1 saturated carbocycles. The molecule has 98 valence electrons. The molecule has 1 aliphatic rings. The number of ether oxygens (including phenoxy) is 1. The zero-order chi connectivity index (χ0) is 13.0. The van der Waals surface area contributed by atoms with Crippen LogP contribution in [0.15, 0.2) is 24.3 Å². The van der Waals surface area contributed by atoms with Gasteiger partial charge in [-0.05, 0) is 37.0 Å². The minimum Gasteiger partial charge on any atom is -0.497 e. The molecular formula is C15H21NO2. The van der Waals surface area contributed by atoms with Crippen molar-refractivity contribution >= 4 is 5.91 Å². The number of carbonyl (C=O) groups is 1. The standard InChI is InChI=1S/C15H21NO2/c1-11-6-3-4-9-14(11)16-15(17)12-7-5-8-13(10-12)18-2/h5,7-8,10-11,14H,3-4,6,9H2,1-2H3,(H,16,17)/t11-,14+/m0/s1. The molecule has 0 saturated heterocycles. The molecule has 1 aromatic carbocycles. The maximum absolute atomic E-state index is 12.2. The summed E-state index contributed by atoms with van der Waals surface area (Å²) in [5, 5.41) is 3.14. The Hall–Kier alpha value is -1.51. The van der Waals surface area contributed by atoms with Crippen molar-refractivity contribution in [3.05, 3.63) is 29.8 Å². The molecule has 3 heteroatoms. The summed E-state index contributed by atoms with van der Waals surface area (Å²) in [6.07, 6.45) is 4.81. The summed E-state index contributed by atoms with van der Waals surface area (Å²) in [4.78, 5) is 12.2. The minimum atomic E-state index is 0.00708. The Morgan fingerprint density at radius 1 is 1.33 bits per heavy atom. The lowest BCUT2D eigenvalue weighted by molar-refractivity contribution is 0.0910. The molecule has 2 rings (SSSR count). The van der Waals surface area contributed by atoms with Crippen LogP contribution in [0.3, 0.4) is 0 Å². The van der Waals surface area contributed by atoms with Gasteiger partial charge >= 0.3 is 0 Å². The smallest absolute Gasteiger partial charge is 0.251 e. The maximum atomic E-state index is 12.2. The highest BCUT2D eigenvalue weighted by Crippen LogP contribution is 2.24. The topological polar surface area (TPSA) is 38.3 Å². The molecular weight excluding hydrogens is 226 g/mol. The van der Waals surface area contributed by atoms with Crippen molar-refractivity contribution in [1.82, 2.24) is 5.32 Å². The lowest BCUT2D eigenvalue weighted by atomic mass is 9.86. The summed E-state index contributed by atoms with van der Waals surface area (Å²) in [5.41, 5.74) is 0.673. The number of benzene rings is 1. The van der Waals surface area contributed by atoms with E-state index in [1.165, 1.54) is 19.3 Å². The second-order valence-electron chi connectivity index (χ2n) is 5.07. The van der Waals surface area contributed by atoms with Crippen molar-refractivity contribution < 1.29 is 9.53 Å². The van der Waals surface area contributed by atoms with Gasteiger partial charge in [0.2, 0.25) is 0 Å². The van der Waals surface area contributed by atoms with Gasteiger partial charge in [-0.3, -0.25) is 4.79 Å². The van der Waals surface area contributed by atoms with Gasteiger partial charge in [-0.1, -0.05) is 25.8 Å². The molecule has 1 aromatic rings. The highest BCUT2D eigenvalue weighted by Gasteiger charge is 2.23. The van der Waals surface area contributed by atoms with E-state index in [9.17, 15) is 4.79 Å². The lowest BCUT2D eigenvalue weighted by Crippen LogP contribution is -2.41. The Morgan fingerprint density at radius 3 is 2.83 bits per heavy atom. The van der Waals surface area contributed by atoms with E-state index in [2.05, 4.69) is 12.2 Å². The van der Waals surface area contributed by atoms with Crippen LogP contribution in [0.2, 0.25) is 0 Å². The van der Waals surface area contributed by atoms with Crippen LogP contribution in [0.25, 0.3) is 0 Å². The minimum absolute atomic E-state index is 0.00708. The van der Waals surface area contributed by atoms with Crippen LogP contribution in [0.4, 0.5) is 0 Å². The van der Waals surface area contributed by atoms with Gasteiger partial charge in [0.1, 0.15) is 5.75 Å². The molecule has 1 N–H and O–H groups in total. The van der Waals surface area contributed by atoms with E-state index in [0.29, 0.717) is 17.5 Å². The van der Waals surface area contributed by atoms with Crippen LogP contribution >= 0.6 is 0 Å². The van der Waals surface area contributed by atoms with Crippen molar-refractivity contribution in [1.29, 1.82) is 0 Å². The van der Waals surface area contributed by atoms with Crippen LogP contribution in [0.5, 0.6) is 5.75 Å². The Balaban J connectivity index is 2.02. The van der Waals surface area contributed by atoms with Crippen molar-refractivity contribution in [2.24, 2.45) is 5.92 Å². The zero-order valence-corrected chi connectivity index (χ0v) is 11.1. The fourth-order valence-corrected chi connectivity index (χ4v) is 2.55. The molecule has 1 aliphatic carbocycles. The van der Waals surface area contributed by atoms with E-state index >= 15 is 0 Å². The van der Waals surface area contributed by atoms with E-state index < -0.39 is 0 Å². The van der Waals surface area contributed by atoms with Gasteiger partial charge in [-0.15, -0.1) is 0 Å². The van der Waals surface area contributed by atoms with Crippen LogP contribution in [0.1, 0.15) is 43.0 Å². The van der Waals surface area contributed by atoms with E-state index in [1.807, 2.05) is 18.2 Å². The summed E-state index contributed by atoms with van der Waals surface area (Å²) in [6, 6.07) is 7.61. The zero-order valence-electron chi connectivity index (χ0n) is 11.1. The second kappa shape index (κ2) is 5.89. The van der Waals surface area contributed by atoms with Crippen LogP contribution in [0, 0.1) is 5.92 Å². The van der Waals surface area contributed by atoms with Gasteiger partial charge in [0.25, 0.3) is 5.91 Å². The molecule has 0 unspecified atom stereocenters. The molecule has 3 nitrogen and oxygen atoms in total. The van der Waals surface area contributed by atoms with Crippen LogP contribution in [-0.2, 0) is 0 Å².